The number of halogens is 1. The molecule has 0 spiro atoms. The number of rotatable bonds is 6. The molecule has 2 saturated heterocycles. The van der Waals surface area contributed by atoms with E-state index >= 15 is 0 Å². The lowest BCUT2D eigenvalue weighted by atomic mass is 9.84. The van der Waals surface area contributed by atoms with Crippen molar-refractivity contribution in [2.24, 2.45) is 0 Å². The number of urea groups is 1. The summed E-state index contributed by atoms with van der Waals surface area (Å²) in [6, 6.07) is 7.34. The van der Waals surface area contributed by atoms with Gasteiger partial charge in [0.15, 0.2) is 0 Å². The summed E-state index contributed by atoms with van der Waals surface area (Å²) >= 11 is 5.92. The monoisotopic (exact) mass is 379 g/mol. The number of carbonyl (C=O) groups is 1. The molecule has 2 aliphatic heterocycles. The largest absolute Gasteiger partial charge is 0.385 e. The van der Waals surface area contributed by atoms with E-state index in [4.69, 9.17) is 11.6 Å². The van der Waals surface area contributed by atoms with Gasteiger partial charge in [-0.2, -0.15) is 0 Å². The van der Waals surface area contributed by atoms with E-state index in [0.717, 1.165) is 31.5 Å². The Morgan fingerprint density at radius 2 is 1.73 bits per heavy atom. The molecule has 2 N–H and O–H groups in total. The summed E-state index contributed by atoms with van der Waals surface area (Å²) in [5.41, 5.74) is 0.0146. The standard InChI is InChI=1S/C20H30ClN3O2/c21-18-7-5-17(6-8-18)20(26)9-15-24(16-10-20)19(25)22-11-1-2-12-23-13-3-4-14-23/h5-8,26H,1-4,9-16H2,(H,22,25). The molecule has 0 atom stereocenters. The van der Waals surface area contributed by atoms with Crippen molar-refractivity contribution < 1.29 is 9.90 Å². The summed E-state index contributed by atoms with van der Waals surface area (Å²) in [7, 11) is 0. The second kappa shape index (κ2) is 9.07. The van der Waals surface area contributed by atoms with Crippen LogP contribution in [0.2, 0.25) is 5.02 Å². The van der Waals surface area contributed by atoms with Gasteiger partial charge in [-0.05, 0) is 75.9 Å². The van der Waals surface area contributed by atoms with E-state index in [2.05, 4.69) is 10.2 Å². The molecule has 2 amide bonds. The van der Waals surface area contributed by atoms with E-state index in [1.54, 1.807) is 12.1 Å². The fraction of sp³-hybridized carbons (Fsp3) is 0.650. The molecule has 1 aromatic rings. The molecule has 6 heteroatoms. The second-order valence-electron chi connectivity index (χ2n) is 7.51. The molecule has 0 saturated carbocycles. The van der Waals surface area contributed by atoms with Gasteiger partial charge in [-0.3, -0.25) is 0 Å². The average Bonchev–Trinajstić information content (AvgIpc) is 3.16. The molecule has 0 bridgehead atoms. The van der Waals surface area contributed by atoms with Crippen LogP contribution in [0.4, 0.5) is 4.79 Å². The minimum Gasteiger partial charge on any atom is -0.385 e. The molecule has 2 fully saturated rings. The van der Waals surface area contributed by atoms with Crippen LogP contribution in [0.5, 0.6) is 0 Å². The summed E-state index contributed by atoms with van der Waals surface area (Å²) in [5.74, 6) is 0. The quantitative estimate of drug-likeness (QED) is 0.746. The predicted octanol–water partition coefficient (Wildman–Crippen LogP) is 3.21. The molecule has 144 valence electrons. The van der Waals surface area contributed by atoms with E-state index in [-0.39, 0.29) is 6.03 Å². The van der Waals surface area contributed by atoms with Crippen LogP contribution in [-0.2, 0) is 5.60 Å². The number of amides is 2. The maximum absolute atomic E-state index is 12.3. The lowest BCUT2D eigenvalue weighted by molar-refractivity contribution is -0.0167. The first-order chi connectivity index (χ1) is 12.6. The predicted molar refractivity (Wildman–Crippen MR) is 104 cm³/mol. The van der Waals surface area contributed by atoms with Gasteiger partial charge in [0.25, 0.3) is 0 Å². The summed E-state index contributed by atoms with van der Waals surface area (Å²) in [6.07, 6.45) is 5.91. The SMILES string of the molecule is O=C(NCCCCN1CCCC1)N1CCC(O)(c2ccc(Cl)cc2)CC1. The molecule has 3 rings (SSSR count). The number of hydrogen-bond acceptors (Lipinski definition) is 3. The Labute approximate surface area is 161 Å². The van der Waals surface area contributed by atoms with Crippen LogP contribution in [-0.4, -0.2) is 60.2 Å². The van der Waals surface area contributed by atoms with Crippen molar-refractivity contribution in [2.45, 2.75) is 44.1 Å². The zero-order valence-corrected chi connectivity index (χ0v) is 16.2. The van der Waals surface area contributed by atoms with Gasteiger partial charge in [0.05, 0.1) is 5.60 Å². The molecule has 2 aliphatic rings. The topological polar surface area (TPSA) is 55.8 Å². The van der Waals surface area contributed by atoms with Crippen molar-refractivity contribution in [2.75, 3.05) is 39.3 Å². The Hall–Kier alpha value is -1.30. The number of hydrogen-bond donors (Lipinski definition) is 2. The highest BCUT2D eigenvalue weighted by Crippen LogP contribution is 2.33. The van der Waals surface area contributed by atoms with E-state index in [1.807, 2.05) is 17.0 Å². The second-order valence-corrected chi connectivity index (χ2v) is 7.95. The third kappa shape index (κ3) is 5.12. The molecule has 26 heavy (non-hydrogen) atoms. The Kier molecular flexibility index (Phi) is 6.79. The molecule has 0 aliphatic carbocycles. The number of piperidine rings is 1. The normalized spacial score (nSPS) is 20.3. The first-order valence-electron chi connectivity index (χ1n) is 9.80. The molecule has 2 heterocycles. The average molecular weight is 380 g/mol. The van der Waals surface area contributed by atoms with Crippen LogP contribution >= 0.6 is 11.6 Å². The van der Waals surface area contributed by atoms with E-state index in [0.29, 0.717) is 31.0 Å². The summed E-state index contributed by atoms with van der Waals surface area (Å²) in [4.78, 5) is 16.6. The fourth-order valence-corrected chi connectivity index (χ4v) is 4.03. The van der Waals surface area contributed by atoms with Crippen molar-refractivity contribution >= 4 is 17.6 Å². The van der Waals surface area contributed by atoms with Gasteiger partial charge in [0, 0.05) is 24.7 Å². The highest BCUT2D eigenvalue weighted by Gasteiger charge is 2.35. The van der Waals surface area contributed by atoms with Gasteiger partial charge < -0.3 is 20.2 Å². The van der Waals surface area contributed by atoms with E-state index in [1.165, 1.54) is 25.9 Å². The van der Waals surface area contributed by atoms with Gasteiger partial charge >= 0.3 is 6.03 Å². The van der Waals surface area contributed by atoms with Crippen LogP contribution in [0, 0.1) is 0 Å². The molecule has 5 nitrogen and oxygen atoms in total. The Bertz CT molecular complexity index is 579. The first kappa shape index (κ1) is 19.5. The number of nitrogens with one attached hydrogen (secondary N) is 1. The zero-order chi connectivity index (χ0) is 18.4. The lowest BCUT2D eigenvalue weighted by Gasteiger charge is -2.38. The van der Waals surface area contributed by atoms with Gasteiger partial charge in [0.1, 0.15) is 0 Å². The summed E-state index contributed by atoms with van der Waals surface area (Å²) in [6.45, 7) is 5.48. The summed E-state index contributed by atoms with van der Waals surface area (Å²) < 4.78 is 0. The van der Waals surface area contributed by atoms with Gasteiger partial charge in [-0.15, -0.1) is 0 Å². The van der Waals surface area contributed by atoms with Crippen LogP contribution in [0.25, 0.3) is 0 Å². The van der Waals surface area contributed by atoms with E-state index < -0.39 is 5.60 Å². The molecule has 1 aromatic carbocycles. The summed E-state index contributed by atoms with van der Waals surface area (Å²) in [5, 5.41) is 14.6. The Balaban J connectivity index is 1.35. The van der Waals surface area contributed by atoms with Crippen LogP contribution in [0.3, 0.4) is 0 Å². The molecular formula is C20H30ClN3O2. The molecular weight excluding hydrogens is 350 g/mol. The minimum atomic E-state index is -0.864. The maximum atomic E-state index is 12.3. The van der Waals surface area contributed by atoms with Crippen molar-refractivity contribution in [1.29, 1.82) is 0 Å². The fourth-order valence-electron chi connectivity index (χ4n) is 3.90. The van der Waals surface area contributed by atoms with Crippen molar-refractivity contribution in [3.63, 3.8) is 0 Å². The van der Waals surface area contributed by atoms with Crippen LogP contribution in [0.15, 0.2) is 24.3 Å². The smallest absolute Gasteiger partial charge is 0.317 e. The highest BCUT2D eigenvalue weighted by atomic mass is 35.5. The number of benzene rings is 1. The Morgan fingerprint density at radius 3 is 2.38 bits per heavy atom. The number of unbranched alkanes of at least 4 members (excludes halogenated alkanes) is 1. The maximum Gasteiger partial charge on any atom is 0.317 e. The number of carbonyl (C=O) groups excluding carboxylic acids is 1. The third-order valence-electron chi connectivity index (χ3n) is 5.64. The molecule has 0 radical (unpaired) electrons. The first-order valence-corrected chi connectivity index (χ1v) is 10.2. The number of likely N-dealkylation sites (tertiary alicyclic amines) is 2. The van der Waals surface area contributed by atoms with Gasteiger partial charge in [-0.25, -0.2) is 4.79 Å². The minimum absolute atomic E-state index is 0.00988. The lowest BCUT2D eigenvalue weighted by Crippen LogP contribution is -2.49. The number of nitrogens with zero attached hydrogens (tertiary/aromatic N) is 2. The Morgan fingerprint density at radius 1 is 1.08 bits per heavy atom. The van der Waals surface area contributed by atoms with Crippen LogP contribution in [0.1, 0.15) is 44.1 Å². The van der Waals surface area contributed by atoms with Gasteiger partial charge in [-0.1, -0.05) is 23.7 Å². The zero-order valence-electron chi connectivity index (χ0n) is 15.4. The highest BCUT2D eigenvalue weighted by molar-refractivity contribution is 6.30. The van der Waals surface area contributed by atoms with E-state index in [9.17, 15) is 9.90 Å². The van der Waals surface area contributed by atoms with Crippen molar-refractivity contribution in [1.82, 2.24) is 15.1 Å². The van der Waals surface area contributed by atoms with Crippen molar-refractivity contribution in [3.05, 3.63) is 34.9 Å². The number of aliphatic hydroxyl groups is 1. The molecule has 0 unspecified atom stereocenters. The van der Waals surface area contributed by atoms with Crippen LogP contribution < -0.4 is 5.32 Å². The van der Waals surface area contributed by atoms with Gasteiger partial charge in [0.2, 0.25) is 0 Å². The van der Waals surface area contributed by atoms with Crippen molar-refractivity contribution in [3.8, 4) is 0 Å². The molecule has 0 aromatic heterocycles. The third-order valence-corrected chi connectivity index (χ3v) is 5.89.